The van der Waals surface area contributed by atoms with Gasteiger partial charge in [-0.3, -0.25) is 14.9 Å². The zero-order valence-corrected chi connectivity index (χ0v) is 18.7. The van der Waals surface area contributed by atoms with Crippen LogP contribution in [0, 0.1) is 27.4 Å². The van der Waals surface area contributed by atoms with Crippen molar-refractivity contribution in [1.82, 2.24) is 5.32 Å². The number of carbonyl (C=O) groups is 1. The largest absolute Gasteiger partial charge is 0.493 e. The van der Waals surface area contributed by atoms with E-state index in [0.29, 0.717) is 23.0 Å². The van der Waals surface area contributed by atoms with Crippen molar-refractivity contribution in [1.29, 1.82) is 5.26 Å². The second-order valence-electron chi connectivity index (χ2n) is 8.13. The van der Waals surface area contributed by atoms with Gasteiger partial charge in [0, 0.05) is 18.2 Å². The zero-order valence-electron chi connectivity index (χ0n) is 18.7. The van der Waals surface area contributed by atoms with Gasteiger partial charge in [-0.1, -0.05) is 25.8 Å². The van der Waals surface area contributed by atoms with Gasteiger partial charge in [-0.05, 0) is 60.2 Å². The molecule has 172 valence electrons. The lowest BCUT2D eigenvalue weighted by atomic mass is 9.86. The monoisotopic (exact) mass is 449 g/mol. The van der Waals surface area contributed by atoms with Gasteiger partial charge >= 0.3 is 0 Å². The normalized spacial score (nSPS) is 18.2. The summed E-state index contributed by atoms with van der Waals surface area (Å²) in [7, 11) is 1.50. The molecule has 1 N–H and O–H groups in total. The fourth-order valence-electron chi connectivity index (χ4n) is 3.86. The maximum absolute atomic E-state index is 12.6. The number of nitrogens with zero attached hydrogens (tertiary/aromatic N) is 2. The molecule has 0 heterocycles. The summed E-state index contributed by atoms with van der Waals surface area (Å²) in [6.07, 6.45) is 5.80. The van der Waals surface area contributed by atoms with Gasteiger partial charge in [0.25, 0.3) is 11.6 Å². The van der Waals surface area contributed by atoms with Crippen LogP contribution in [0.4, 0.5) is 5.69 Å². The first-order valence-corrected chi connectivity index (χ1v) is 10.9. The molecule has 1 amide bonds. The molecule has 0 aromatic heterocycles. The standard InChI is InChI=1S/C25H27N3O5/c1-17-5-3-4-6-22(17)27-25(29)20(15-26)13-19-9-12-23(24(14-19)32-2)33-16-18-7-10-21(11-8-18)28(30)31/h7-14,17,22H,3-6,16H2,1-2H3,(H,27,29)/b20-13+/t17-,22-/m0/s1. The number of nitro benzene ring substituents is 1. The number of hydrogen-bond acceptors (Lipinski definition) is 6. The van der Waals surface area contributed by atoms with E-state index >= 15 is 0 Å². The van der Waals surface area contributed by atoms with Crippen LogP contribution in [0.25, 0.3) is 6.08 Å². The van der Waals surface area contributed by atoms with E-state index in [9.17, 15) is 20.2 Å². The van der Waals surface area contributed by atoms with Crippen molar-refractivity contribution in [2.24, 2.45) is 5.92 Å². The molecule has 0 aliphatic heterocycles. The molecule has 0 spiro atoms. The van der Waals surface area contributed by atoms with Crippen LogP contribution in [0.1, 0.15) is 43.7 Å². The van der Waals surface area contributed by atoms with Crippen LogP contribution in [0.3, 0.4) is 0 Å². The smallest absolute Gasteiger partial charge is 0.269 e. The molecule has 2 aromatic carbocycles. The number of ether oxygens (including phenoxy) is 2. The Morgan fingerprint density at radius 1 is 1.21 bits per heavy atom. The van der Waals surface area contributed by atoms with E-state index in [4.69, 9.17) is 9.47 Å². The molecule has 0 unspecified atom stereocenters. The number of non-ortho nitro benzene ring substituents is 1. The Hall–Kier alpha value is -3.86. The van der Waals surface area contributed by atoms with Crippen LogP contribution in [0.15, 0.2) is 48.0 Å². The summed E-state index contributed by atoms with van der Waals surface area (Å²) < 4.78 is 11.2. The van der Waals surface area contributed by atoms with Gasteiger partial charge in [0.05, 0.1) is 12.0 Å². The summed E-state index contributed by atoms with van der Waals surface area (Å²) in [5, 5.41) is 23.3. The fraction of sp³-hybridized carbons (Fsp3) is 0.360. The molecule has 0 bridgehead atoms. The van der Waals surface area contributed by atoms with Crippen molar-refractivity contribution >= 4 is 17.7 Å². The summed E-state index contributed by atoms with van der Waals surface area (Å²) in [6, 6.07) is 13.3. The minimum Gasteiger partial charge on any atom is -0.493 e. The lowest BCUT2D eigenvalue weighted by molar-refractivity contribution is -0.384. The number of hydrogen-bond donors (Lipinski definition) is 1. The van der Waals surface area contributed by atoms with E-state index in [1.54, 1.807) is 30.3 Å². The Balaban J connectivity index is 1.69. The van der Waals surface area contributed by atoms with E-state index in [-0.39, 0.29) is 29.8 Å². The van der Waals surface area contributed by atoms with E-state index < -0.39 is 4.92 Å². The van der Waals surface area contributed by atoms with Crippen molar-refractivity contribution in [3.05, 3.63) is 69.3 Å². The summed E-state index contributed by atoms with van der Waals surface area (Å²) in [5.41, 5.74) is 1.46. The first-order valence-electron chi connectivity index (χ1n) is 10.9. The Morgan fingerprint density at radius 2 is 1.94 bits per heavy atom. The first-order chi connectivity index (χ1) is 15.9. The second kappa shape index (κ2) is 11.1. The molecule has 8 nitrogen and oxygen atoms in total. The zero-order chi connectivity index (χ0) is 23.8. The minimum absolute atomic E-state index is 0.0164. The molecule has 1 saturated carbocycles. The Labute approximate surface area is 193 Å². The van der Waals surface area contributed by atoms with Crippen molar-refractivity contribution in [2.75, 3.05) is 7.11 Å². The lowest BCUT2D eigenvalue weighted by Gasteiger charge is -2.29. The van der Waals surface area contributed by atoms with Gasteiger partial charge < -0.3 is 14.8 Å². The number of carbonyl (C=O) groups excluding carboxylic acids is 1. The molecular formula is C25H27N3O5. The van der Waals surface area contributed by atoms with Crippen LogP contribution in [0.5, 0.6) is 11.5 Å². The molecule has 8 heteroatoms. The molecule has 2 atom stereocenters. The number of amides is 1. The van der Waals surface area contributed by atoms with Gasteiger partial charge in [-0.2, -0.15) is 5.26 Å². The molecule has 2 aromatic rings. The highest BCUT2D eigenvalue weighted by molar-refractivity contribution is 6.01. The predicted molar refractivity (Wildman–Crippen MR) is 124 cm³/mol. The fourth-order valence-corrected chi connectivity index (χ4v) is 3.86. The second-order valence-corrected chi connectivity index (χ2v) is 8.13. The van der Waals surface area contributed by atoms with Gasteiger partial charge in [0.2, 0.25) is 0 Å². The van der Waals surface area contributed by atoms with E-state index in [2.05, 4.69) is 12.2 Å². The quantitative estimate of drug-likeness (QED) is 0.268. The molecule has 33 heavy (non-hydrogen) atoms. The van der Waals surface area contributed by atoms with Crippen LogP contribution in [-0.4, -0.2) is 24.0 Å². The van der Waals surface area contributed by atoms with Crippen molar-refractivity contribution < 1.29 is 19.2 Å². The molecular weight excluding hydrogens is 422 g/mol. The van der Waals surface area contributed by atoms with Crippen LogP contribution in [-0.2, 0) is 11.4 Å². The van der Waals surface area contributed by atoms with Crippen molar-refractivity contribution in [2.45, 2.75) is 45.3 Å². The third-order valence-electron chi connectivity index (χ3n) is 5.83. The molecule has 1 aliphatic rings. The topological polar surface area (TPSA) is 114 Å². The molecule has 0 radical (unpaired) electrons. The van der Waals surface area contributed by atoms with Gasteiger partial charge in [-0.25, -0.2) is 0 Å². The number of nitro groups is 1. The summed E-state index contributed by atoms with van der Waals surface area (Å²) in [6.45, 7) is 2.33. The molecule has 1 aliphatic carbocycles. The predicted octanol–water partition coefficient (Wildman–Crippen LogP) is 4.78. The number of nitrogens with one attached hydrogen (secondary N) is 1. The third-order valence-corrected chi connectivity index (χ3v) is 5.83. The summed E-state index contributed by atoms with van der Waals surface area (Å²) in [5.74, 6) is 0.958. The first kappa shape index (κ1) is 23.8. The van der Waals surface area contributed by atoms with E-state index in [1.807, 2.05) is 6.07 Å². The van der Waals surface area contributed by atoms with Gasteiger partial charge in [-0.15, -0.1) is 0 Å². The number of nitriles is 1. The van der Waals surface area contributed by atoms with Crippen LogP contribution in [0.2, 0.25) is 0 Å². The molecule has 1 fully saturated rings. The Kier molecular flexibility index (Phi) is 8.03. The molecule has 0 saturated heterocycles. The van der Waals surface area contributed by atoms with E-state index in [1.165, 1.54) is 31.7 Å². The average Bonchev–Trinajstić information content (AvgIpc) is 2.83. The maximum atomic E-state index is 12.6. The van der Waals surface area contributed by atoms with Crippen LogP contribution < -0.4 is 14.8 Å². The van der Waals surface area contributed by atoms with Gasteiger partial charge in [0.1, 0.15) is 18.2 Å². The lowest BCUT2D eigenvalue weighted by Crippen LogP contribution is -2.41. The summed E-state index contributed by atoms with van der Waals surface area (Å²) >= 11 is 0. The highest BCUT2D eigenvalue weighted by Crippen LogP contribution is 2.30. The maximum Gasteiger partial charge on any atom is 0.269 e. The minimum atomic E-state index is -0.453. The number of methoxy groups -OCH3 is 1. The van der Waals surface area contributed by atoms with Crippen molar-refractivity contribution in [3.8, 4) is 17.6 Å². The van der Waals surface area contributed by atoms with Gasteiger partial charge in [0.15, 0.2) is 11.5 Å². The molecule has 3 rings (SSSR count). The third kappa shape index (κ3) is 6.32. The van der Waals surface area contributed by atoms with Crippen molar-refractivity contribution in [3.63, 3.8) is 0 Å². The van der Waals surface area contributed by atoms with Crippen LogP contribution >= 0.6 is 0 Å². The SMILES string of the molecule is COc1cc(/C=C(\C#N)C(=O)N[C@H]2CCCC[C@@H]2C)ccc1OCc1ccc([N+](=O)[O-])cc1. The summed E-state index contributed by atoms with van der Waals surface area (Å²) in [4.78, 5) is 23.0. The number of rotatable bonds is 8. The highest BCUT2D eigenvalue weighted by Gasteiger charge is 2.24. The average molecular weight is 450 g/mol. The van der Waals surface area contributed by atoms with E-state index in [0.717, 1.165) is 24.8 Å². The number of benzene rings is 2. The Bertz CT molecular complexity index is 1070. The highest BCUT2D eigenvalue weighted by atomic mass is 16.6. The Morgan fingerprint density at radius 3 is 2.58 bits per heavy atom.